The smallest absolute Gasteiger partial charge is 0.411 e. The predicted molar refractivity (Wildman–Crippen MR) is 69.2 cm³/mol. The summed E-state index contributed by atoms with van der Waals surface area (Å²) in [4.78, 5) is 11.4. The second-order valence-electron chi connectivity index (χ2n) is 3.89. The summed E-state index contributed by atoms with van der Waals surface area (Å²) in [5.41, 5.74) is 0.743. The topological polar surface area (TPSA) is 50.4 Å². The van der Waals surface area contributed by atoms with E-state index < -0.39 is 6.09 Å². The molecule has 0 spiro atoms. The Morgan fingerprint density at radius 1 is 1.35 bits per heavy atom. The first-order valence-electron chi connectivity index (χ1n) is 5.94. The highest BCUT2D eigenvalue weighted by Crippen LogP contribution is 2.04. The number of benzene rings is 1. The second kappa shape index (κ2) is 7.68. The summed E-state index contributed by atoms with van der Waals surface area (Å²) in [7, 11) is 0. The Kier molecular flexibility index (Phi) is 6.10. The van der Waals surface area contributed by atoms with Gasteiger partial charge in [0.05, 0.1) is 0 Å². The fourth-order valence-corrected chi connectivity index (χ4v) is 1.27. The van der Waals surface area contributed by atoms with Crippen LogP contribution >= 0.6 is 0 Å². The Bertz CT molecular complexity index is 327. The second-order valence-corrected chi connectivity index (χ2v) is 3.89. The van der Waals surface area contributed by atoms with Crippen LogP contribution in [0.25, 0.3) is 0 Å². The molecule has 1 atom stereocenters. The van der Waals surface area contributed by atoms with E-state index in [1.165, 1.54) is 0 Å². The number of ether oxygens (including phenoxy) is 1. The van der Waals surface area contributed by atoms with Gasteiger partial charge in [0.2, 0.25) is 0 Å². The van der Waals surface area contributed by atoms with Gasteiger partial charge in [-0.3, -0.25) is 5.32 Å². The lowest BCUT2D eigenvalue weighted by atomic mass is 10.3. The van der Waals surface area contributed by atoms with Crippen molar-refractivity contribution < 1.29 is 9.53 Å². The summed E-state index contributed by atoms with van der Waals surface area (Å²) in [6, 6.07) is 9.71. The molecule has 94 valence electrons. The van der Waals surface area contributed by atoms with Crippen LogP contribution in [-0.2, 0) is 4.74 Å². The van der Waals surface area contributed by atoms with E-state index in [1.54, 1.807) is 0 Å². The van der Waals surface area contributed by atoms with E-state index in [1.807, 2.05) is 30.3 Å². The molecule has 0 radical (unpaired) electrons. The van der Waals surface area contributed by atoms with Gasteiger partial charge < -0.3 is 10.1 Å². The van der Waals surface area contributed by atoms with E-state index in [0.29, 0.717) is 19.2 Å². The van der Waals surface area contributed by atoms with Crippen LogP contribution in [0, 0.1) is 0 Å². The van der Waals surface area contributed by atoms with Crippen molar-refractivity contribution in [2.45, 2.75) is 26.3 Å². The van der Waals surface area contributed by atoms with Crippen molar-refractivity contribution in [2.24, 2.45) is 0 Å². The van der Waals surface area contributed by atoms with Gasteiger partial charge in [0, 0.05) is 18.3 Å². The highest BCUT2D eigenvalue weighted by atomic mass is 16.5. The quantitative estimate of drug-likeness (QED) is 0.746. The third-order valence-corrected chi connectivity index (χ3v) is 2.46. The number of amides is 1. The first-order valence-corrected chi connectivity index (χ1v) is 5.94. The molecule has 4 heteroatoms. The van der Waals surface area contributed by atoms with Crippen LogP contribution in [0.5, 0.6) is 0 Å². The number of hydrogen-bond donors (Lipinski definition) is 2. The number of para-hydroxylation sites is 1. The summed E-state index contributed by atoms with van der Waals surface area (Å²) >= 11 is 0. The van der Waals surface area contributed by atoms with Crippen molar-refractivity contribution in [1.29, 1.82) is 0 Å². The highest BCUT2D eigenvalue weighted by molar-refractivity contribution is 5.84. The number of carbonyl (C=O) groups is 1. The van der Waals surface area contributed by atoms with Crippen molar-refractivity contribution in [3.8, 4) is 0 Å². The van der Waals surface area contributed by atoms with Gasteiger partial charge in [-0.05, 0) is 25.5 Å². The van der Waals surface area contributed by atoms with Gasteiger partial charge in [0.15, 0.2) is 0 Å². The largest absolute Gasteiger partial charge is 0.448 e. The molecule has 0 aliphatic carbocycles. The molecule has 0 saturated heterocycles. The van der Waals surface area contributed by atoms with E-state index in [-0.39, 0.29) is 0 Å². The maximum absolute atomic E-state index is 11.4. The van der Waals surface area contributed by atoms with Gasteiger partial charge in [-0.1, -0.05) is 25.1 Å². The monoisotopic (exact) mass is 236 g/mol. The highest BCUT2D eigenvalue weighted by Gasteiger charge is 2.02. The van der Waals surface area contributed by atoms with Gasteiger partial charge in [-0.2, -0.15) is 0 Å². The maximum atomic E-state index is 11.4. The molecule has 17 heavy (non-hydrogen) atoms. The summed E-state index contributed by atoms with van der Waals surface area (Å²) < 4.78 is 5.03. The fraction of sp³-hybridized carbons (Fsp3) is 0.462. The van der Waals surface area contributed by atoms with E-state index >= 15 is 0 Å². The first kappa shape index (κ1) is 13.5. The van der Waals surface area contributed by atoms with Crippen molar-refractivity contribution >= 4 is 11.8 Å². The number of hydrogen-bond acceptors (Lipinski definition) is 3. The Morgan fingerprint density at radius 3 is 2.71 bits per heavy atom. The average Bonchev–Trinajstić information content (AvgIpc) is 2.35. The lowest BCUT2D eigenvalue weighted by molar-refractivity contribution is 0.161. The number of anilines is 1. The molecule has 0 bridgehead atoms. The van der Waals surface area contributed by atoms with Crippen molar-refractivity contribution in [2.75, 3.05) is 18.5 Å². The average molecular weight is 236 g/mol. The van der Waals surface area contributed by atoms with Gasteiger partial charge in [0.1, 0.15) is 6.61 Å². The number of nitrogens with one attached hydrogen (secondary N) is 2. The summed E-state index contributed by atoms with van der Waals surface area (Å²) in [5.74, 6) is 0. The van der Waals surface area contributed by atoms with Gasteiger partial charge >= 0.3 is 6.09 Å². The Labute approximate surface area is 102 Å². The van der Waals surface area contributed by atoms with Gasteiger partial charge in [0.25, 0.3) is 0 Å². The normalized spacial score (nSPS) is 11.9. The van der Waals surface area contributed by atoms with Gasteiger partial charge in [-0.15, -0.1) is 0 Å². The van der Waals surface area contributed by atoms with Crippen molar-refractivity contribution in [3.05, 3.63) is 30.3 Å². The molecule has 0 heterocycles. The molecule has 1 aromatic rings. The Morgan fingerprint density at radius 2 is 2.06 bits per heavy atom. The van der Waals surface area contributed by atoms with Crippen LogP contribution in [0.15, 0.2) is 30.3 Å². The fourth-order valence-electron chi connectivity index (χ4n) is 1.27. The lowest BCUT2D eigenvalue weighted by Gasteiger charge is -2.11. The number of rotatable bonds is 6. The first-order chi connectivity index (χ1) is 8.22. The molecule has 0 saturated carbocycles. The van der Waals surface area contributed by atoms with Crippen LogP contribution in [0.4, 0.5) is 10.5 Å². The summed E-state index contributed by atoms with van der Waals surface area (Å²) in [6.45, 7) is 5.27. The SMILES string of the molecule is CC[C@@H](C)NCCOC(=O)Nc1ccccc1. The molecule has 1 amide bonds. The van der Waals surface area contributed by atoms with Crippen molar-refractivity contribution in [1.82, 2.24) is 5.32 Å². The zero-order valence-electron chi connectivity index (χ0n) is 10.4. The standard InChI is InChI=1S/C13H20N2O2/c1-3-11(2)14-9-10-17-13(16)15-12-7-5-4-6-8-12/h4-8,11,14H,3,9-10H2,1-2H3,(H,15,16)/t11-/m1/s1. The van der Waals surface area contributed by atoms with E-state index in [2.05, 4.69) is 24.5 Å². The molecule has 0 unspecified atom stereocenters. The minimum atomic E-state index is -0.415. The Hall–Kier alpha value is -1.55. The van der Waals surface area contributed by atoms with Crippen LogP contribution in [0.1, 0.15) is 20.3 Å². The predicted octanol–water partition coefficient (Wildman–Crippen LogP) is 2.62. The van der Waals surface area contributed by atoms with Crippen LogP contribution < -0.4 is 10.6 Å². The van der Waals surface area contributed by atoms with Crippen LogP contribution in [-0.4, -0.2) is 25.3 Å². The molecular weight excluding hydrogens is 216 g/mol. The molecule has 1 rings (SSSR count). The summed E-state index contributed by atoms with van der Waals surface area (Å²) in [5, 5.41) is 5.90. The molecule has 0 fully saturated rings. The lowest BCUT2D eigenvalue weighted by Crippen LogP contribution is -2.30. The van der Waals surface area contributed by atoms with Crippen LogP contribution in [0.3, 0.4) is 0 Å². The van der Waals surface area contributed by atoms with E-state index in [9.17, 15) is 4.79 Å². The van der Waals surface area contributed by atoms with E-state index in [4.69, 9.17) is 4.74 Å². The molecular formula is C13H20N2O2. The Balaban J connectivity index is 2.14. The van der Waals surface area contributed by atoms with E-state index in [0.717, 1.165) is 12.1 Å². The zero-order valence-corrected chi connectivity index (χ0v) is 10.4. The molecule has 1 aromatic carbocycles. The molecule has 2 N–H and O–H groups in total. The minimum absolute atomic E-state index is 0.378. The van der Waals surface area contributed by atoms with Gasteiger partial charge in [-0.25, -0.2) is 4.79 Å². The molecule has 4 nitrogen and oxygen atoms in total. The third-order valence-electron chi connectivity index (χ3n) is 2.46. The van der Waals surface area contributed by atoms with Crippen molar-refractivity contribution in [3.63, 3.8) is 0 Å². The van der Waals surface area contributed by atoms with Crippen LogP contribution in [0.2, 0.25) is 0 Å². The molecule has 0 aromatic heterocycles. The maximum Gasteiger partial charge on any atom is 0.411 e. The molecule has 0 aliphatic heterocycles. The zero-order chi connectivity index (χ0) is 12.5. The number of carbonyl (C=O) groups excluding carboxylic acids is 1. The third kappa shape index (κ3) is 5.92. The molecule has 0 aliphatic rings. The summed E-state index contributed by atoms with van der Waals surface area (Å²) in [6.07, 6.45) is 0.651. The minimum Gasteiger partial charge on any atom is -0.448 e.